The van der Waals surface area contributed by atoms with Gasteiger partial charge in [-0.2, -0.15) is 0 Å². The molecule has 1 N–H and O–H groups in total. The molecule has 0 aliphatic heterocycles. The highest BCUT2D eigenvalue weighted by Crippen LogP contribution is 2.17. The van der Waals surface area contributed by atoms with Crippen LogP contribution in [0.3, 0.4) is 0 Å². The molecule has 1 rings (SSSR count). The molecule has 0 fully saturated rings. The van der Waals surface area contributed by atoms with Gasteiger partial charge in [-0.25, -0.2) is 0 Å². The summed E-state index contributed by atoms with van der Waals surface area (Å²) in [5.41, 5.74) is 1.30. The van der Waals surface area contributed by atoms with E-state index in [2.05, 4.69) is 26.1 Å². The van der Waals surface area contributed by atoms with Crippen LogP contribution in [0.5, 0.6) is 0 Å². The monoisotopic (exact) mass is 410 g/mol. The first-order chi connectivity index (χ1) is 13.6. The molecule has 0 saturated carbocycles. The van der Waals surface area contributed by atoms with Gasteiger partial charge in [0.25, 0.3) is 0 Å². The zero-order valence-electron chi connectivity index (χ0n) is 18.6. The van der Waals surface area contributed by atoms with E-state index >= 15 is 0 Å². The molecule has 0 bridgehead atoms. The summed E-state index contributed by atoms with van der Waals surface area (Å²) in [5, 5.41) is 10.3. The minimum absolute atomic E-state index is 0.253. The molecular weight excluding hydrogens is 366 g/mol. The van der Waals surface area contributed by atoms with Crippen molar-refractivity contribution in [2.45, 2.75) is 96.9 Å². The van der Waals surface area contributed by atoms with Crippen molar-refractivity contribution in [3.8, 4) is 0 Å². The summed E-state index contributed by atoms with van der Waals surface area (Å²) in [7, 11) is 2.27. The van der Waals surface area contributed by atoms with Crippen LogP contribution in [-0.2, 0) is 6.54 Å². The summed E-state index contributed by atoms with van der Waals surface area (Å²) in [4.78, 5) is 0. The van der Waals surface area contributed by atoms with Crippen molar-refractivity contribution in [1.29, 1.82) is 0 Å². The molecule has 1 unspecified atom stereocenters. The molecule has 28 heavy (non-hydrogen) atoms. The van der Waals surface area contributed by atoms with Gasteiger partial charge in [0.05, 0.1) is 20.2 Å². The van der Waals surface area contributed by atoms with Crippen LogP contribution in [-0.4, -0.2) is 36.3 Å². The third kappa shape index (κ3) is 12.8. The molecule has 1 atom stereocenters. The molecule has 2 nitrogen and oxygen atoms in total. The molecular formula is C25H45ClNO+. The van der Waals surface area contributed by atoms with Crippen molar-refractivity contribution in [2.24, 2.45) is 0 Å². The van der Waals surface area contributed by atoms with E-state index in [1.165, 1.54) is 89.0 Å². The Morgan fingerprint density at radius 1 is 0.714 bits per heavy atom. The van der Waals surface area contributed by atoms with Crippen LogP contribution in [0, 0.1) is 0 Å². The molecule has 0 aromatic heterocycles. The van der Waals surface area contributed by atoms with E-state index < -0.39 is 0 Å². The Balaban J connectivity index is 2.07. The fourth-order valence-electron chi connectivity index (χ4n) is 4.05. The van der Waals surface area contributed by atoms with Gasteiger partial charge in [0.1, 0.15) is 13.1 Å². The van der Waals surface area contributed by atoms with Gasteiger partial charge in [0.2, 0.25) is 0 Å². The molecule has 162 valence electrons. The van der Waals surface area contributed by atoms with Crippen LogP contribution in [0.1, 0.15) is 96.0 Å². The third-order valence-corrected chi connectivity index (χ3v) is 6.17. The number of unbranched alkanes of at least 4 members (excludes halogenated alkanes) is 12. The van der Waals surface area contributed by atoms with E-state index in [1.54, 1.807) is 0 Å². The van der Waals surface area contributed by atoms with Gasteiger partial charge >= 0.3 is 0 Å². The Labute approximate surface area is 179 Å². The van der Waals surface area contributed by atoms with Crippen molar-refractivity contribution in [3.05, 3.63) is 34.9 Å². The van der Waals surface area contributed by atoms with Gasteiger partial charge in [0.15, 0.2) is 0 Å². The molecule has 0 aliphatic rings. The zero-order valence-corrected chi connectivity index (χ0v) is 19.4. The first-order valence-corrected chi connectivity index (χ1v) is 12.2. The van der Waals surface area contributed by atoms with Crippen LogP contribution >= 0.6 is 11.6 Å². The molecule has 0 radical (unpaired) electrons. The second-order valence-electron chi connectivity index (χ2n) is 8.82. The van der Waals surface area contributed by atoms with Gasteiger partial charge in [-0.05, 0) is 25.0 Å². The highest BCUT2D eigenvalue weighted by Gasteiger charge is 2.21. The zero-order chi connectivity index (χ0) is 20.5. The average Bonchev–Trinajstić information content (AvgIpc) is 2.67. The summed E-state index contributed by atoms with van der Waals surface area (Å²) in [6.45, 7) is 5.46. The normalized spacial score (nSPS) is 13.6. The predicted molar refractivity (Wildman–Crippen MR) is 124 cm³/mol. The van der Waals surface area contributed by atoms with E-state index in [0.29, 0.717) is 0 Å². The number of benzene rings is 1. The highest BCUT2D eigenvalue weighted by molar-refractivity contribution is 6.30. The Bertz CT molecular complexity index is 476. The second-order valence-corrected chi connectivity index (χ2v) is 9.25. The molecule has 0 spiro atoms. The van der Waals surface area contributed by atoms with Crippen molar-refractivity contribution in [2.75, 3.05) is 26.7 Å². The topological polar surface area (TPSA) is 20.2 Å². The van der Waals surface area contributed by atoms with Crippen LogP contribution in [0.15, 0.2) is 24.3 Å². The van der Waals surface area contributed by atoms with Gasteiger partial charge < -0.3 is 9.59 Å². The van der Waals surface area contributed by atoms with E-state index in [4.69, 9.17) is 11.6 Å². The van der Waals surface area contributed by atoms with Crippen molar-refractivity contribution < 1.29 is 9.59 Å². The minimum Gasteiger partial charge on any atom is -0.391 e. The number of rotatable bonds is 18. The number of aliphatic hydroxyl groups excluding tert-OH is 1. The predicted octanol–water partition coefficient (Wildman–Crippen LogP) is 7.37. The van der Waals surface area contributed by atoms with Gasteiger partial charge in [-0.3, -0.25) is 0 Å². The fraction of sp³-hybridized carbons (Fsp3) is 0.760. The lowest BCUT2D eigenvalue weighted by Crippen LogP contribution is -2.46. The Hall–Kier alpha value is -0.570. The Kier molecular flexibility index (Phi) is 14.8. The number of halogens is 1. The maximum atomic E-state index is 9.49. The molecule has 0 saturated heterocycles. The number of hydrogen-bond acceptors (Lipinski definition) is 1. The lowest BCUT2D eigenvalue weighted by molar-refractivity contribution is -0.923. The number of quaternary nitrogens is 1. The van der Waals surface area contributed by atoms with Crippen molar-refractivity contribution >= 4 is 11.6 Å². The van der Waals surface area contributed by atoms with Crippen LogP contribution in [0.25, 0.3) is 0 Å². The van der Waals surface area contributed by atoms with Crippen LogP contribution in [0.2, 0.25) is 5.02 Å². The lowest BCUT2D eigenvalue weighted by Gasteiger charge is -2.34. The molecule has 1 aromatic rings. The fourth-order valence-corrected chi connectivity index (χ4v) is 4.18. The number of nitrogens with zero attached hydrogens (tertiary/aromatic N) is 1. The SMILES string of the molecule is CCCCCCCCCCCCCCC[N+](C)(CCO)Cc1ccc(Cl)cc1. The summed E-state index contributed by atoms with van der Waals surface area (Å²) >= 11 is 6.00. The maximum Gasteiger partial charge on any atom is 0.104 e. The summed E-state index contributed by atoms with van der Waals surface area (Å²) in [5.74, 6) is 0. The summed E-state index contributed by atoms with van der Waals surface area (Å²) in [6, 6.07) is 8.15. The summed E-state index contributed by atoms with van der Waals surface area (Å²) < 4.78 is 0.913. The Morgan fingerprint density at radius 2 is 1.18 bits per heavy atom. The maximum absolute atomic E-state index is 9.49. The third-order valence-electron chi connectivity index (χ3n) is 5.92. The molecule has 0 aliphatic carbocycles. The van der Waals surface area contributed by atoms with Crippen LogP contribution < -0.4 is 0 Å². The minimum atomic E-state index is 0.253. The number of hydrogen-bond donors (Lipinski definition) is 1. The second kappa shape index (κ2) is 16.3. The van der Waals surface area contributed by atoms with Crippen molar-refractivity contribution in [1.82, 2.24) is 0 Å². The van der Waals surface area contributed by atoms with Gasteiger partial charge in [-0.1, -0.05) is 101 Å². The highest BCUT2D eigenvalue weighted by atomic mass is 35.5. The standard InChI is InChI=1S/C25H45ClNO/c1-3-4-5-6-7-8-9-10-11-12-13-14-15-20-27(2,21-22-28)23-24-16-18-25(26)19-17-24/h16-19,28H,3-15,20-23H2,1-2H3/q+1. The average molecular weight is 411 g/mol. The summed E-state index contributed by atoms with van der Waals surface area (Å²) in [6.07, 6.45) is 18.1. The number of aliphatic hydroxyl groups is 1. The van der Waals surface area contributed by atoms with E-state index in [1.807, 2.05) is 12.1 Å². The van der Waals surface area contributed by atoms with Gasteiger partial charge in [-0.15, -0.1) is 0 Å². The Morgan fingerprint density at radius 3 is 1.64 bits per heavy atom. The molecule has 0 heterocycles. The smallest absolute Gasteiger partial charge is 0.104 e. The van der Waals surface area contributed by atoms with Crippen LogP contribution in [0.4, 0.5) is 0 Å². The van der Waals surface area contributed by atoms with E-state index in [-0.39, 0.29) is 6.61 Å². The lowest BCUT2D eigenvalue weighted by atomic mass is 10.0. The number of likely N-dealkylation sites (N-methyl/N-ethyl adjacent to an activating group) is 1. The van der Waals surface area contributed by atoms with Gasteiger partial charge in [0, 0.05) is 10.6 Å². The molecule has 1 aromatic carbocycles. The van der Waals surface area contributed by atoms with Crippen molar-refractivity contribution in [3.63, 3.8) is 0 Å². The first kappa shape index (κ1) is 25.5. The van der Waals surface area contributed by atoms with E-state index in [0.717, 1.165) is 29.1 Å². The quantitative estimate of drug-likeness (QED) is 0.198. The van der Waals surface area contributed by atoms with E-state index in [9.17, 15) is 5.11 Å². The molecule has 0 amide bonds. The largest absolute Gasteiger partial charge is 0.391 e. The first-order valence-electron chi connectivity index (χ1n) is 11.8. The molecule has 3 heteroatoms.